The van der Waals surface area contributed by atoms with Crippen LogP contribution in [0.15, 0.2) is 68.2 Å². The van der Waals surface area contributed by atoms with Crippen molar-refractivity contribution in [3.63, 3.8) is 0 Å². The second-order valence-electron chi connectivity index (χ2n) is 9.48. The molecule has 0 amide bonds. The van der Waals surface area contributed by atoms with E-state index in [4.69, 9.17) is 4.42 Å². The second-order valence-corrected chi connectivity index (χ2v) is 9.48. The number of hydrogen-bond acceptors (Lipinski definition) is 4. The maximum Gasteiger partial charge on any atom is 0.200 e. The average Bonchev–Trinajstić information content (AvgIpc) is 3.50. The third-order valence-electron chi connectivity index (χ3n) is 7.44. The molecule has 0 bridgehead atoms. The van der Waals surface area contributed by atoms with Gasteiger partial charge in [-0.15, -0.1) is 0 Å². The molecule has 1 saturated carbocycles. The highest BCUT2D eigenvalue weighted by Crippen LogP contribution is 2.35. The number of rotatable bonds is 1. The Hall–Kier alpha value is -4.19. The summed E-state index contributed by atoms with van der Waals surface area (Å²) in [7, 11) is 0. The predicted molar refractivity (Wildman–Crippen MR) is 136 cm³/mol. The van der Waals surface area contributed by atoms with E-state index in [9.17, 15) is 14.7 Å². The van der Waals surface area contributed by atoms with E-state index >= 15 is 4.39 Å². The van der Waals surface area contributed by atoms with Gasteiger partial charge in [0, 0.05) is 17.0 Å². The number of aliphatic hydroxyl groups is 1. The van der Waals surface area contributed by atoms with E-state index in [0.717, 1.165) is 42.0 Å². The van der Waals surface area contributed by atoms with Gasteiger partial charge in [-0.1, -0.05) is 24.3 Å². The Balaban J connectivity index is 1.73. The number of aromatic nitrogens is 1. The standard InChI is InChI=1S/C29H20FNO4/c1-14-10-20-25-29(24(14)30)35-23-12-19-18(16-8-4-5-9-17(16)27(19)33)11-22(23)31(25)13-21(28(20)34)26(32)15-6-2-3-7-15/h4-5,8-13,32H,2-3,6-7H2,1H3. The smallest absolute Gasteiger partial charge is 0.200 e. The van der Waals surface area contributed by atoms with Gasteiger partial charge in [0.2, 0.25) is 5.43 Å². The molecule has 7 rings (SSSR count). The molecule has 1 N–H and O–H groups in total. The van der Waals surface area contributed by atoms with Crippen molar-refractivity contribution in [3.8, 4) is 0 Å². The molecule has 1 aliphatic carbocycles. The molecule has 35 heavy (non-hydrogen) atoms. The van der Waals surface area contributed by atoms with Crippen molar-refractivity contribution in [1.29, 1.82) is 0 Å². The lowest BCUT2D eigenvalue weighted by Gasteiger charge is -2.15. The Bertz CT molecular complexity index is 2020. The van der Waals surface area contributed by atoms with Gasteiger partial charge in [0.05, 0.1) is 16.5 Å². The average molecular weight is 465 g/mol. The number of hydrogen-bond donors (Lipinski definition) is 1. The highest BCUT2D eigenvalue weighted by Gasteiger charge is 2.23. The molecule has 0 spiro atoms. The molecule has 2 aromatic heterocycles. The quantitative estimate of drug-likeness (QED) is 0.169. The van der Waals surface area contributed by atoms with Crippen molar-refractivity contribution in [1.82, 2.24) is 4.40 Å². The summed E-state index contributed by atoms with van der Waals surface area (Å²) in [5.41, 5.74) is 2.05. The predicted octanol–water partition coefficient (Wildman–Crippen LogP) is 6.59. The number of benzene rings is 3. The summed E-state index contributed by atoms with van der Waals surface area (Å²) in [4.78, 5) is 26.6. The summed E-state index contributed by atoms with van der Waals surface area (Å²) < 4.78 is 23.0. The number of nitrogens with zero attached hydrogens (tertiary/aromatic N) is 1. The Morgan fingerprint density at radius 1 is 0.943 bits per heavy atom. The highest BCUT2D eigenvalue weighted by molar-refractivity contribution is 6.15. The number of aryl methyl sites for hydroxylation is 1. The summed E-state index contributed by atoms with van der Waals surface area (Å²) in [6, 6.07) is 12.4. The third-order valence-corrected chi connectivity index (χ3v) is 7.44. The van der Waals surface area contributed by atoms with Gasteiger partial charge in [0.15, 0.2) is 22.4 Å². The number of pyridine rings is 1. The minimum absolute atomic E-state index is 0.0106. The van der Waals surface area contributed by atoms with Crippen molar-refractivity contribution in [2.75, 3.05) is 0 Å². The van der Waals surface area contributed by atoms with Crippen LogP contribution in [0.2, 0.25) is 0 Å². The molecule has 1 fully saturated rings. The molecular weight excluding hydrogens is 445 g/mol. The maximum atomic E-state index is 15.3. The lowest BCUT2D eigenvalue weighted by atomic mass is 10.0. The zero-order chi connectivity index (χ0) is 24.0. The zero-order valence-electron chi connectivity index (χ0n) is 18.9. The summed E-state index contributed by atoms with van der Waals surface area (Å²) in [6.07, 6.45) is 5.05. The van der Waals surface area contributed by atoms with Crippen LogP contribution in [0.25, 0.3) is 54.9 Å². The first kappa shape index (κ1) is 20.2. The fourth-order valence-corrected chi connectivity index (χ4v) is 5.66. The Kier molecular flexibility index (Phi) is 3.99. The fourth-order valence-electron chi connectivity index (χ4n) is 5.66. The first-order chi connectivity index (χ1) is 16.9. The normalized spacial score (nSPS) is 14.4. The number of fused-ring (bicyclic) bond motifs is 5. The van der Waals surface area contributed by atoms with E-state index in [1.54, 1.807) is 29.7 Å². The van der Waals surface area contributed by atoms with Crippen LogP contribution in [-0.2, 0) is 0 Å². The van der Waals surface area contributed by atoms with Gasteiger partial charge in [-0.05, 0) is 72.7 Å². The zero-order valence-corrected chi connectivity index (χ0v) is 18.9. The van der Waals surface area contributed by atoms with E-state index in [-0.39, 0.29) is 38.7 Å². The highest BCUT2D eigenvalue weighted by atomic mass is 19.1. The molecule has 0 unspecified atom stereocenters. The number of allylic oxidation sites excluding steroid dienone is 1. The molecule has 1 aliphatic rings. The topological polar surface area (TPSA) is 71.9 Å². The summed E-state index contributed by atoms with van der Waals surface area (Å²) in [5, 5.41) is 14.0. The minimum atomic E-state index is -0.558. The van der Waals surface area contributed by atoms with Crippen molar-refractivity contribution in [3.05, 3.63) is 91.6 Å². The second kappa shape index (κ2) is 6.92. The van der Waals surface area contributed by atoms with Crippen LogP contribution >= 0.6 is 0 Å². The molecule has 2 heterocycles. The van der Waals surface area contributed by atoms with E-state index in [0.29, 0.717) is 27.4 Å². The van der Waals surface area contributed by atoms with Crippen molar-refractivity contribution in [2.45, 2.75) is 32.6 Å². The van der Waals surface area contributed by atoms with Crippen molar-refractivity contribution < 1.29 is 13.9 Å². The van der Waals surface area contributed by atoms with Gasteiger partial charge >= 0.3 is 0 Å². The SMILES string of the molecule is Cc1cc2c(=O)c(C(O)=C3CCCC3)cn3c4cc5c(cc4oc(c1F)c23)c(=O)c1ccccc15. The van der Waals surface area contributed by atoms with Crippen molar-refractivity contribution in [2.24, 2.45) is 0 Å². The monoisotopic (exact) mass is 465 g/mol. The molecule has 4 aromatic carbocycles. The lowest BCUT2D eigenvalue weighted by Crippen LogP contribution is -2.14. The summed E-state index contributed by atoms with van der Waals surface area (Å²) >= 11 is 0. The number of halogens is 1. The molecule has 172 valence electrons. The lowest BCUT2D eigenvalue weighted by molar-refractivity contribution is 0.503. The van der Waals surface area contributed by atoms with Crippen LogP contribution in [0.1, 0.15) is 36.8 Å². The first-order valence-corrected chi connectivity index (χ1v) is 11.7. The van der Waals surface area contributed by atoms with Crippen LogP contribution in [-0.4, -0.2) is 9.51 Å². The molecule has 0 saturated heterocycles. The summed E-state index contributed by atoms with van der Waals surface area (Å²) in [5.74, 6) is -0.547. The molecule has 6 aromatic rings. The largest absolute Gasteiger partial charge is 0.507 e. The van der Waals surface area contributed by atoms with Crippen LogP contribution in [0.5, 0.6) is 0 Å². The van der Waals surface area contributed by atoms with E-state index < -0.39 is 5.82 Å². The molecule has 0 aliphatic heterocycles. The van der Waals surface area contributed by atoms with E-state index in [1.807, 2.05) is 24.3 Å². The van der Waals surface area contributed by atoms with Gasteiger partial charge in [-0.25, -0.2) is 4.39 Å². The maximum absolute atomic E-state index is 15.3. The van der Waals surface area contributed by atoms with Crippen molar-refractivity contribution >= 4 is 54.9 Å². The fraction of sp³-hybridized carbons (Fsp3) is 0.172. The number of aliphatic hydroxyl groups excluding tert-OH is 1. The van der Waals surface area contributed by atoms with Crippen LogP contribution < -0.4 is 10.9 Å². The molecule has 0 atom stereocenters. The first-order valence-electron chi connectivity index (χ1n) is 11.7. The third kappa shape index (κ3) is 2.62. The van der Waals surface area contributed by atoms with Gasteiger partial charge in [-0.3, -0.25) is 9.59 Å². The van der Waals surface area contributed by atoms with Gasteiger partial charge < -0.3 is 13.9 Å². The van der Waals surface area contributed by atoms with Crippen LogP contribution in [0.3, 0.4) is 0 Å². The van der Waals surface area contributed by atoms with Gasteiger partial charge in [0.1, 0.15) is 11.3 Å². The van der Waals surface area contributed by atoms with Gasteiger partial charge in [0.25, 0.3) is 0 Å². The molecular formula is C29H20FNO4. The summed E-state index contributed by atoms with van der Waals surface area (Å²) in [6.45, 7) is 1.58. The van der Waals surface area contributed by atoms with Crippen LogP contribution in [0.4, 0.5) is 4.39 Å². The molecule has 5 nitrogen and oxygen atoms in total. The van der Waals surface area contributed by atoms with Crippen LogP contribution in [0, 0.1) is 12.7 Å². The molecule has 6 heteroatoms. The minimum Gasteiger partial charge on any atom is -0.507 e. The van der Waals surface area contributed by atoms with Gasteiger partial charge in [-0.2, -0.15) is 0 Å². The molecule has 0 radical (unpaired) electrons. The Morgan fingerprint density at radius 3 is 2.46 bits per heavy atom. The van der Waals surface area contributed by atoms with E-state index in [1.165, 1.54) is 6.07 Å². The van der Waals surface area contributed by atoms with E-state index in [2.05, 4.69) is 0 Å². The Labute approximate surface area is 197 Å². The Morgan fingerprint density at radius 2 is 1.69 bits per heavy atom.